The molecule has 2 atom stereocenters. The van der Waals surface area contributed by atoms with Crippen LogP contribution in [0.4, 0.5) is 5.69 Å². The summed E-state index contributed by atoms with van der Waals surface area (Å²) >= 11 is 0. The van der Waals surface area contributed by atoms with Crippen molar-refractivity contribution in [1.29, 1.82) is 0 Å². The van der Waals surface area contributed by atoms with Gasteiger partial charge in [-0.05, 0) is 58.7 Å². The first kappa shape index (κ1) is 14.9. The average molecular weight is 288 g/mol. The van der Waals surface area contributed by atoms with Gasteiger partial charge in [-0.2, -0.15) is 0 Å². The highest BCUT2D eigenvalue weighted by molar-refractivity contribution is 5.61. The molecule has 3 heteroatoms. The Hall–Kier alpha value is -1.06. The molecule has 116 valence electrons. The number of anilines is 1. The number of nitrogens with two attached hydrogens (primary N) is 1. The fourth-order valence-corrected chi connectivity index (χ4v) is 4.29. The predicted molar refractivity (Wildman–Crippen MR) is 87.8 cm³/mol. The maximum atomic E-state index is 6.31. The maximum Gasteiger partial charge on any atom is 0.0837 e. The molecule has 2 heterocycles. The van der Waals surface area contributed by atoms with E-state index < -0.39 is 0 Å². The number of hydrogen-bond acceptors (Lipinski definition) is 3. The molecule has 0 bridgehead atoms. The van der Waals surface area contributed by atoms with E-state index in [2.05, 4.69) is 56.9 Å². The van der Waals surface area contributed by atoms with E-state index in [4.69, 9.17) is 10.5 Å². The van der Waals surface area contributed by atoms with E-state index in [0.717, 1.165) is 25.9 Å². The lowest BCUT2D eigenvalue weighted by molar-refractivity contribution is -0.0678. The summed E-state index contributed by atoms with van der Waals surface area (Å²) in [6, 6.07) is 9.24. The van der Waals surface area contributed by atoms with Gasteiger partial charge < -0.3 is 15.4 Å². The van der Waals surface area contributed by atoms with Crippen LogP contribution < -0.4 is 10.6 Å². The number of hydrogen-bond donors (Lipinski definition) is 1. The highest BCUT2D eigenvalue weighted by Gasteiger charge is 2.50. The molecule has 1 fully saturated rings. The number of fused-ring (bicyclic) bond motifs is 1. The monoisotopic (exact) mass is 288 g/mol. The van der Waals surface area contributed by atoms with E-state index in [9.17, 15) is 0 Å². The van der Waals surface area contributed by atoms with Gasteiger partial charge in [-0.25, -0.2) is 0 Å². The van der Waals surface area contributed by atoms with Gasteiger partial charge in [-0.3, -0.25) is 0 Å². The van der Waals surface area contributed by atoms with E-state index in [1.165, 1.54) is 11.3 Å². The van der Waals surface area contributed by atoms with Crippen LogP contribution >= 0.6 is 0 Å². The Balaban J connectivity index is 1.94. The molecule has 0 amide bonds. The number of benzene rings is 1. The highest BCUT2D eigenvalue weighted by Crippen LogP contribution is 2.47. The van der Waals surface area contributed by atoms with Crippen molar-refractivity contribution in [2.24, 2.45) is 5.73 Å². The Morgan fingerprint density at radius 1 is 1.24 bits per heavy atom. The van der Waals surface area contributed by atoms with Gasteiger partial charge in [0, 0.05) is 18.2 Å². The molecule has 21 heavy (non-hydrogen) atoms. The summed E-state index contributed by atoms with van der Waals surface area (Å²) in [5.74, 6) is 0.561. The zero-order valence-electron chi connectivity index (χ0n) is 13.7. The fourth-order valence-electron chi connectivity index (χ4n) is 4.29. The van der Waals surface area contributed by atoms with Crippen molar-refractivity contribution in [2.45, 2.75) is 63.7 Å². The normalized spacial score (nSPS) is 29.7. The average Bonchev–Trinajstić information content (AvgIpc) is 2.84. The fraction of sp³-hybridized carbons (Fsp3) is 0.667. The molecule has 2 aliphatic heterocycles. The third kappa shape index (κ3) is 2.58. The summed E-state index contributed by atoms with van der Waals surface area (Å²) in [5, 5.41) is 0. The molecular formula is C18H28N2O. The Kier molecular flexibility index (Phi) is 3.53. The van der Waals surface area contributed by atoms with Crippen LogP contribution in [0, 0.1) is 0 Å². The Bertz CT molecular complexity index is 524. The Morgan fingerprint density at radius 2 is 1.95 bits per heavy atom. The van der Waals surface area contributed by atoms with Crippen LogP contribution in [0.5, 0.6) is 0 Å². The maximum absolute atomic E-state index is 6.31. The molecule has 3 rings (SSSR count). The van der Waals surface area contributed by atoms with Gasteiger partial charge in [-0.1, -0.05) is 18.2 Å². The molecule has 0 radical (unpaired) electrons. The third-order valence-electron chi connectivity index (χ3n) is 5.02. The molecular weight excluding hydrogens is 260 g/mol. The van der Waals surface area contributed by atoms with Crippen LogP contribution in [-0.4, -0.2) is 30.3 Å². The van der Waals surface area contributed by atoms with Crippen LogP contribution in [0.2, 0.25) is 0 Å². The van der Waals surface area contributed by atoms with Crippen molar-refractivity contribution in [2.75, 3.05) is 18.0 Å². The van der Waals surface area contributed by atoms with Gasteiger partial charge in [0.2, 0.25) is 0 Å². The number of nitrogens with zero attached hydrogens (tertiary/aromatic N) is 1. The lowest BCUT2D eigenvalue weighted by Gasteiger charge is -2.35. The molecule has 0 aromatic heterocycles. The molecule has 3 nitrogen and oxygen atoms in total. The minimum absolute atomic E-state index is 0.0466. The SMILES string of the molecule is CC1(C)CC(N2CC(CCN)c3ccccc32)C(C)(C)O1. The van der Waals surface area contributed by atoms with Crippen LogP contribution in [0.25, 0.3) is 0 Å². The van der Waals surface area contributed by atoms with Crippen molar-refractivity contribution < 1.29 is 4.74 Å². The first-order chi connectivity index (χ1) is 9.84. The first-order valence-corrected chi connectivity index (χ1v) is 8.10. The number of para-hydroxylation sites is 1. The van der Waals surface area contributed by atoms with Crippen molar-refractivity contribution in [3.8, 4) is 0 Å². The second-order valence-corrected chi connectivity index (χ2v) is 7.67. The zero-order chi connectivity index (χ0) is 15.3. The molecule has 0 aliphatic carbocycles. The molecule has 2 aliphatic rings. The minimum Gasteiger partial charge on any atom is -0.367 e. The van der Waals surface area contributed by atoms with Gasteiger partial charge >= 0.3 is 0 Å². The van der Waals surface area contributed by atoms with E-state index >= 15 is 0 Å². The van der Waals surface area contributed by atoms with E-state index in [1.54, 1.807) is 0 Å². The first-order valence-electron chi connectivity index (χ1n) is 8.10. The lowest BCUT2D eigenvalue weighted by Crippen LogP contribution is -2.46. The third-order valence-corrected chi connectivity index (χ3v) is 5.02. The molecule has 0 saturated carbocycles. The Labute approximate surface area is 128 Å². The van der Waals surface area contributed by atoms with E-state index in [1.807, 2.05) is 0 Å². The van der Waals surface area contributed by atoms with Gasteiger partial charge in [0.1, 0.15) is 0 Å². The number of rotatable bonds is 3. The summed E-state index contributed by atoms with van der Waals surface area (Å²) in [5.41, 5.74) is 8.50. The van der Waals surface area contributed by atoms with Crippen molar-refractivity contribution in [1.82, 2.24) is 0 Å². The topological polar surface area (TPSA) is 38.5 Å². The molecule has 1 aromatic rings. The minimum atomic E-state index is -0.117. The summed E-state index contributed by atoms with van der Waals surface area (Å²) in [6.45, 7) is 10.7. The lowest BCUT2D eigenvalue weighted by atomic mass is 9.93. The smallest absolute Gasteiger partial charge is 0.0837 e. The van der Waals surface area contributed by atoms with Crippen LogP contribution in [0.3, 0.4) is 0 Å². The van der Waals surface area contributed by atoms with Gasteiger partial charge in [0.25, 0.3) is 0 Å². The van der Waals surface area contributed by atoms with Gasteiger partial charge in [-0.15, -0.1) is 0 Å². The summed E-state index contributed by atoms with van der Waals surface area (Å²) in [7, 11) is 0. The summed E-state index contributed by atoms with van der Waals surface area (Å²) < 4.78 is 6.31. The second-order valence-electron chi connectivity index (χ2n) is 7.67. The molecule has 1 aromatic carbocycles. The van der Waals surface area contributed by atoms with Crippen LogP contribution in [0.15, 0.2) is 24.3 Å². The summed E-state index contributed by atoms with van der Waals surface area (Å²) in [4.78, 5) is 2.57. The standard InChI is InChI=1S/C18H28N2O/c1-17(2)11-16(18(3,4)21-17)20-12-13(9-10-19)14-7-5-6-8-15(14)20/h5-8,13,16H,9-12,19H2,1-4H3. The van der Waals surface area contributed by atoms with Crippen molar-refractivity contribution >= 4 is 5.69 Å². The zero-order valence-corrected chi connectivity index (χ0v) is 13.7. The van der Waals surface area contributed by atoms with Crippen molar-refractivity contribution in [3.05, 3.63) is 29.8 Å². The van der Waals surface area contributed by atoms with Crippen LogP contribution in [0.1, 0.15) is 52.0 Å². The molecule has 1 saturated heterocycles. The number of ether oxygens (including phenoxy) is 1. The van der Waals surface area contributed by atoms with E-state index in [-0.39, 0.29) is 11.2 Å². The molecule has 2 N–H and O–H groups in total. The Morgan fingerprint density at radius 3 is 2.57 bits per heavy atom. The van der Waals surface area contributed by atoms with Gasteiger partial charge in [0.05, 0.1) is 17.2 Å². The summed E-state index contributed by atoms with van der Waals surface area (Å²) in [6.07, 6.45) is 2.13. The van der Waals surface area contributed by atoms with Gasteiger partial charge in [0.15, 0.2) is 0 Å². The van der Waals surface area contributed by atoms with Crippen LogP contribution in [-0.2, 0) is 4.74 Å². The second kappa shape index (κ2) is 4.99. The van der Waals surface area contributed by atoms with Crippen molar-refractivity contribution in [3.63, 3.8) is 0 Å². The molecule has 2 unspecified atom stereocenters. The highest BCUT2D eigenvalue weighted by atomic mass is 16.5. The van der Waals surface area contributed by atoms with E-state index in [0.29, 0.717) is 12.0 Å². The largest absolute Gasteiger partial charge is 0.367 e. The quantitative estimate of drug-likeness (QED) is 0.927. The molecule has 0 spiro atoms. The predicted octanol–water partition coefficient (Wildman–Crippen LogP) is 3.29.